The predicted octanol–water partition coefficient (Wildman–Crippen LogP) is 4.26. The Labute approximate surface area is 161 Å². The molecule has 0 saturated carbocycles. The van der Waals surface area contributed by atoms with Crippen molar-refractivity contribution in [1.29, 1.82) is 0 Å². The molecule has 1 aliphatic rings. The average Bonchev–Trinajstić information content (AvgIpc) is 3.25. The van der Waals surface area contributed by atoms with Crippen LogP contribution in [0.3, 0.4) is 0 Å². The van der Waals surface area contributed by atoms with E-state index in [0.717, 1.165) is 54.1 Å². The van der Waals surface area contributed by atoms with E-state index in [0.29, 0.717) is 0 Å². The lowest BCUT2D eigenvalue weighted by molar-refractivity contribution is 0.122. The van der Waals surface area contributed by atoms with Crippen molar-refractivity contribution >= 4 is 27.9 Å². The summed E-state index contributed by atoms with van der Waals surface area (Å²) in [5.74, 6) is 1.02. The van der Waals surface area contributed by atoms with Gasteiger partial charge in [-0.05, 0) is 23.6 Å². The van der Waals surface area contributed by atoms with Crippen molar-refractivity contribution in [1.82, 2.24) is 15.0 Å². The fourth-order valence-corrected chi connectivity index (χ4v) is 4.17. The molecule has 27 heavy (non-hydrogen) atoms. The van der Waals surface area contributed by atoms with Crippen LogP contribution in [0.2, 0.25) is 0 Å². The third-order valence-corrected chi connectivity index (χ3v) is 5.62. The highest BCUT2D eigenvalue weighted by Crippen LogP contribution is 2.33. The summed E-state index contributed by atoms with van der Waals surface area (Å²) in [6, 6.07) is 14.5. The van der Waals surface area contributed by atoms with Gasteiger partial charge in [0, 0.05) is 41.8 Å². The zero-order chi connectivity index (χ0) is 18.1. The maximum Gasteiger partial charge on any atom is 0.137 e. The zero-order valence-electron chi connectivity index (χ0n) is 14.7. The monoisotopic (exact) mass is 374 g/mol. The van der Waals surface area contributed by atoms with Crippen LogP contribution in [0.1, 0.15) is 0 Å². The summed E-state index contributed by atoms with van der Waals surface area (Å²) in [6.07, 6.45) is 3.59. The molecule has 5 rings (SSSR count). The summed E-state index contributed by atoms with van der Waals surface area (Å²) in [6.45, 7) is 3.20. The highest BCUT2D eigenvalue weighted by molar-refractivity contribution is 7.13. The van der Waals surface area contributed by atoms with Gasteiger partial charge in [-0.25, -0.2) is 9.97 Å². The number of anilines is 1. The first-order valence-corrected chi connectivity index (χ1v) is 9.85. The minimum absolute atomic E-state index is 0.739. The Morgan fingerprint density at radius 2 is 1.74 bits per heavy atom. The summed E-state index contributed by atoms with van der Waals surface area (Å²) in [4.78, 5) is 16.2. The van der Waals surface area contributed by atoms with E-state index in [1.165, 1.54) is 10.8 Å². The minimum Gasteiger partial charge on any atom is -0.378 e. The molecule has 0 unspecified atom stereocenters. The van der Waals surface area contributed by atoms with E-state index in [1.807, 2.05) is 12.1 Å². The molecule has 0 bridgehead atoms. The number of fused-ring (bicyclic) bond motifs is 1. The van der Waals surface area contributed by atoms with Crippen molar-refractivity contribution in [3.8, 4) is 22.0 Å². The number of ether oxygens (including phenoxy) is 1. The number of morpholine rings is 1. The van der Waals surface area contributed by atoms with Crippen molar-refractivity contribution in [2.75, 3.05) is 31.2 Å². The van der Waals surface area contributed by atoms with Crippen LogP contribution in [0, 0.1) is 0 Å². The number of aromatic nitrogens is 3. The van der Waals surface area contributed by atoms with Crippen LogP contribution in [0.25, 0.3) is 32.7 Å². The van der Waals surface area contributed by atoms with E-state index in [9.17, 15) is 0 Å². The predicted molar refractivity (Wildman–Crippen MR) is 109 cm³/mol. The second-order valence-corrected chi connectivity index (χ2v) is 7.28. The standard InChI is InChI=1S/C21H18N4OS/c1-2-4-17-16(3-1)13-18(23-20(17)25-9-11-26-12-10-25)19-14-27-21(24-19)15-5-7-22-8-6-15/h1-8,13-14H,9-12H2. The summed E-state index contributed by atoms with van der Waals surface area (Å²) >= 11 is 1.63. The third-order valence-electron chi connectivity index (χ3n) is 4.72. The van der Waals surface area contributed by atoms with Gasteiger partial charge in [-0.2, -0.15) is 0 Å². The maximum absolute atomic E-state index is 5.52. The van der Waals surface area contributed by atoms with E-state index in [4.69, 9.17) is 14.7 Å². The molecule has 1 aliphatic heterocycles. The molecule has 0 atom stereocenters. The van der Waals surface area contributed by atoms with Gasteiger partial charge in [0.1, 0.15) is 16.5 Å². The van der Waals surface area contributed by atoms with Gasteiger partial charge < -0.3 is 9.64 Å². The minimum atomic E-state index is 0.739. The van der Waals surface area contributed by atoms with Gasteiger partial charge in [-0.15, -0.1) is 11.3 Å². The molecule has 0 aliphatic carbocycles. The first-order chi connectivity index (χ1) is 13.4. The van der Waals surface area contributed by atoms with Gasteiger partial charge in [0.15, 0.2) is 0 Å². The van der Waals surface area contributed by atoms with Crippen LogP contribution in [0.15, 0.2) is 60.2 Å². The van der Waals surface area contributed by atoms with Gasteiger partial charge in [-0.1, -0.05) is 24.3 Å². The molecular weight excluding hydrogens is 356 g/mol. The van der Waals surface area contributed by atoms with Gasteiger partial charge in [0.2, 0.25) is 0 Å². The Hall–Kier alpha value is -2.83. The molecule has 5 nitrogen and oxygen atoms in total. The number of rotatable bonds is 3. The lowest BCUT2D eigenvalue weighted by atomic mass is 10.1. The topological polar surface area (TPSA) is 51.1 Å². The molecule has 0 radical (unpaired) electrons. The molecule has 4 aromatic rings. The number of pyridine rings is 2. The van der Waals surface area contributed by atoms with Crippen LogP contribution >= 0.6 is 11.3 Å². The highest BCUT2D eigenvalue weighted by Gasteiger charge is 2.18. The van der Waals surface area contributed by atoms with Crippen molar-refractivity contribution in [2.45, 2.75) is 0 Å². The van der Waals surface area contributed by atoms with Crippen molar-refractivity contribution in [3.05, 3.63) is 60.2 Å². The molecule has 4 heterocycles. The normalized spacial score (nSPS) is 14.6. The summed E-state index contributed by atoms with van der Waals surface area (Å²) in [5.41, 5.74) is 2.90. The Bertz CT molecular complexity index is 1070. The number of benzene rings is 1. The van der Waals surface area contributed by atoms with E-state index in [-0.39, 0.29) is 0 Å². The van der Waals surface area contributed by atoms with Crippen LogP contribution in [0.4, 0.5) is 5.82 Å². The van der Waals surface area contributed by atoms with Crippen LogP contribution < -0.4 is 4.90 Å². The van der Waals surface area contributed by atoms with E-state index >= 15 is 0 Å². The molecular formula is C21H18N4OS. The summed E-state index contributed by atoms with van der Waals surface area (Å²) in [5, 5.41) is 5.42. The fourth-order valence-electron chi connectivity index (χ4n) is 3.35. The highest BCUT2D eigenvalue weighted by atomic mass is 32.1. The first kappa shape index (κ1) is 16.4. The largest absolute Gasteiger partial charge is 0.378 e. The van der Waals surface area contributed by atoms with Crippen LogP contribution in [-0.2, 0) is 4.74 Å². The van der Waals surface area contributed by atoms with Crippen LogP contribution in [0.5, 0.6) is 0 Å². The molecule has 0 N–H and O–H groups in total. The Balaban J connectivity index is 1.60. The molecule has 3 aromatic heterocycles. The number of nitrogens with zero attached hydrogens (tertiary/aromatic N) is 4. The Morgan fingerprint density at radius 3 is 2.59 bits per heavy atom. The molecule has 0 amide bonds. The van der Waals surface area contributed by atoms with Crippen molar-refractivity contribution in [3.63, 3.8) is 0 Å². The first-order valence-electron chi connectivity index (χ1n) is 8.97. The lowest BCUT2D eigenvalue weighted by Gasteiger charge is -2.29. The Kier molecular flexibility index (Phi) is 4.27. The van der Waals surface area contributed by atoms with E-state index in [1.54, 1.807) is 23.7 Å². The third kappa shape index (κ3) is 3.18. The molecule has 134 valence electrons. The van der Waals surface area contributed by atoms with Gasteiger partial charge in [-0.3, -0.25) is 4.98 Å². The van der Waals surface area contributed by atoms with Crippen molar-refractivity contribution < 1.29 is 4.74 Å². The molecule has 1 fully saturated rings. The summed E-state index contributed by atoms with van der Waals surface area (Å²) in [7, 11) is 0. The zero-order valence-corrected chi connectivity index (χ0v) is 15.5. The number of hydrogen-bond acceptors (Lipinski definition) is 6. The smallest absolute Gasteiger partial charge is 0.137 e. The van der Waals surface area contributed by atoms with Gasteiger partial charge >= 0.3 is 0 Å². The molecule has 1 saturated heterocycles. The second-order valence-electron chi connectivity index (χ2n) is 6.43. The maximum atomic E-state index is 5.52. The lowest BCUT2D eigenvalue weighted by Crippen LogP contribution is -2.36. The molecule has 6 heteroatoms. The molecule has 0 spiro atoms. The van der Waals surface area contributed by atoms with Crippen molar-refractivity contribution in [2.24, 2.45) is 0 Å². The fraction of sp³-hybridized carbons (Fsp3) is 0.190. The van der Waals surface area contributed by atoms with Gasteiger partial charge in [0.25, 0.3) is 0 Å². The van der Waals surface area contributed by atoms with Gasteiger partial charge in [0.05, 0.1) is 18.9 Å². The second kappa shape index (κ2) is 7.06. The number of hydrogen-bond donors (Lipinski definition) is 0. The SMILES string of the molecule is c1ccc2c(N3CCOCC3)nc(-c3csc(-c4ccncc4)n3)cc2c1. The number of thiazole rings is 1. The Morgan fingerprint density at radius 1 is 0.926 bits per heavy atom. The average molecular weight is 374 g/mol. The van der Waals surface area contributed by atoms with Crippen LogP contribution in [-0.4, -0.2) is 41.3 Å². The molecule has 1 aromatic carbocycles. The van der Waals surface area contributed by atoms with E-state index in [2.05, 4.69) is 45.6 Å². The summed E-state index contributed by atoms with van der Waals surface area (Å²) < 4.78 is 5.52. The quantitative estimate of drug-likeness (QED) is 0.536. The van der Waals surface area contributed by atoms with E-state index < -0.39 is 0 Å².